The van der Waals surface area contributed by atoms with Crippen LogP contribution in [0.3, 0.4) is 0 Å². The van der Waals surface area contributed by atoms with Crippen LogP contribution >= 0.6 is 11.3 Å². The number of aromatic nitrogens is 1. The highest BCUT2D eigenvalue weighted by Gasteiger charge is 2.16. The second kappa shape index (κ2) is 8.29. The molecule has 0 atom stereocenters. The van der Waals surface area contributed by atoms with Gasteiger partial charge in [-0.2, -0.15) is 0 Å². The molecule has 132 valence electrons. The van der Waals surface area contributed by atoms with Crippen LogP contribution in [0.5, 0.6) is 11.5 Å². The fourth-order valence-corrected chi connectivity index (χ4v) is 2.93. The van der Waals surface area contributed by atoms with Crippen molar-refractivity contribution in [3.8, 4) is 11.5 Å². The summed E-state index contributed by atoms with van der Waals surface area (Å²) >= 11 is 1.23. The highest BCUT2D eigenvalue weighted by atomic mass is 32.1. The first kappa shape index (κ1) is 18.5. The highest BCUT2D eigenvalue weighted by Crippen LogP contribution is 2.34. The first-order valence-corrected chi connectivity index (χ1v) is 8.29. The van der Waals surface area contributed by atoms with Gasteiger partial charge < -0.3 is 15.2 Å². The van der Waals surface area contributed by atoms with Crippen molar-refractivity contribution < 1.29 is 19.1 Å². The van der Waals surface area contributed by atoms with Crippen LogP contribution in [0.2, 0.25) is 0 Å². The molecular weight excluding hydrogens is 342 g/mol. The van der Waals surface area contributed by atoms with E-state index in [-0.39, 0.29) is 12.3 Å². The first-order valence-electron chi connectivity index (χ1n) is 7.41. The Labute approximate surface area is 149 Å². The Bertz CT molecular complexity index is 814. The smallest absolute Gasteiger partial charge is 0.257 e. The highest BCUT2D eigenvalue weighted by molar-refractivity contribution is 7.14. The van der Waals surface area contributed by atoms with Crippen molar-refractivity contribution in [3.63, 3.8) is 0 Å². The predicted octanol–water partition coefficient (Wildman–Crippen LogP) is 2.47. The van der Waals surface area contributed by atoms with Crippen molar-refractivity contribution >= 4 is 34.4 Å². The van der Waals surface area contributed by atoms with Gasteiger partial charge in [0.05, 0.1) is 26.3 Å². The fourth-order valence-electron chi connectivity index (χ4n) is 2.22. The van der Waals surface area contributed by atoms with Crippen LogP contribution in [-0.2, 0) is 11.2 Å². The maximum Gasteiger partial charge on any atom is 0.257 e. The van der Waals surface area contributed by atoms with E-state index in [9.17, 15) is 9.59 Å². The number of nitrogens with two attached hydrogens (primary N) is 1. The third kappa shape index (κ3) is 4.57. The van der Waals surface area contributed by atoms with Gasteiger partial charge in [-0.25, -0.2) is 4.98 Å². The van der Waals surface area contributed by atoms with Crippen LogP contribution in [0.4, 0.5) is 5.13 Å². The minimum absolute atomic E-state index is 0.0359. The summed E-state index contributed by atoms with van der Waals surface area (Å²) in [5.74, 6) is 0.192. The van der Waals surface area contributed by atoms with Crippen molar-refractivity contribution in [3.05, 3.63) is 40.4 Å². The lowest BCUT2D eigenvalue weighted by atomic mass is 10.1. The zero-order chi connectivity index (χ0) is 18.4. The van der Waals surface area contributed by atoms with Crippen molar-refractivity contribution in [2.45, 2.75) is 13.3 Å². The van der Waals surface area contributed by atoms with E-state index in [2.05, 4.69) is 10.3 Å². The molecule has 0 saturated heterocycles. The summed E-state index contributed by atoms with van der Waals surface area (Å²) in [7, 11) is 3.05. The lowest BCUT2D eigenvalue weighted by Gasteiger charge is -2.13. The minimum atomic E-state index is -0.473. The quantitative estimate of drug-likeness (QED) is 0.788. The Morgan fingerprint density at radius 3 is 2.68 bits per heavy atom. The van der Waals surface area contributed by atoms with Gasteiger partial charge in [0.2, 0.25) is 5.91 Å². The number of benzene rings is 1. The van der Waals surface area contributed by atoms with Crippen molar-refractivity contribution in [2.24, 2.45) is 5.73 Å². The first-order chi connectivity index (χ1) is 12.0. The summed E-state index contributed by atoms with van der Waals surface area (Å²) in [4.78, 5) is 27.6. The summed E-state index contributed by atoms with van der Waals surface area (Å²) in [6, 6.07) is 3.30. The summed E-state index contributed by atoms with van der Waals surface area (Å²) in [6.45, 7) is 1.87. The molecule has 0 unspecified atom stereocenters. The van der Waals surface area contributed by atoms with E-state index in [4.69, 9.17) is 15.2 Å². The monoisotopic (exact) mass is 361 g/mol. The molecule has 0 aliphatic rings. The maximum atomic E-state index is 12.5. The second-order valence-electron chi connectivity index (χ2n) is 5.04. The molecule has 25 heavy (non-hydrogen) atoms. The summed E-state index contributed by atoms with van der Waals surface area (Å²) < 4.78 is 10.7. The van der Waals surface area contributed by atoms with E-state index in [1.807, 2.05) is 19.1 Å². The van der Waals surface area contributed by atoms with Crippen molar-refractivity contribution in [1.82, 2.24) is 4.98 Å². The van der Waals surface area contributed by atoms with E-state index in [0.717, 1.165) is 5.56 Å². The lowest BCUT2D eigenvalue weighted by Crippen LogP contribution is -2.15. The number of carbonyl (C=O) groups excluding carboxylic acids is 2. The number of allylic oxidation sites excluding steroid dienone is 1. The zero-order valence-electron chi connectivity index (χ0n) is 14.2. The van der Waals surface area contributed by atoms with Gasteiger partial charge in [-0.1, -0.05) is 12.2 Å². The van der Waals surface area contributed by atoms with E-state index in [1.54, 1.807) is 24.6 Å². The average Bonchev–Trinajstić information content (AvgIpc) is 3.00. The standard InChI is InChI=1S/C17H19N3O4S/c1-4-5-10-6-11(7-13(23-2)15(10)24-3)16(22)20-17-19-12(9-25-17)8-14(18)21/h4-7,9H,8H2,1-3H3,(H2,18,21)(H,19,20,22). The number of hydrogen-bond acceptors (Lipinski definition) is 6. The Morgan fingerprint density at radius 1 is 1.32 bits per heavy atom. The van der Waals surface area contributed by atoms with Gasteiger partial charge in [0.1, 0.15) is 0 Å². The van der Waals surface area contributed by atoms with Gasteiger partial charge in [-0.05, 0) is 19.1 Å². The van der Waals surface area contributed by atoms with Crippen LogP contribution in [0, 0.1) is 0 Å². The number of thiazole rings is 1. The summed E-state index contributed by atoms with van der Waals surface area (Å²) in [5.41, 5.74) is 6.78. The minimum Gasteiger partial charge on any atom is -0.493 e. The molecule has 2 amide bonds. The van der Waals surface area contributed by atoms with Crippen LogP contribution < -0.4 is 20.5 Å². The van der Waals surface area contributed by atoms with Crippen molar-refractivity contribution in [1.29, 1.82) is 0 Å². The number of hydrogen-bond donors (Lipinski definition) is 2. The number of nitrogens with one attached hydrogen (secondary N) is 1. The molecule has 0 aliphatic heterocycles. The van der Waals surface area contributed by atoms with Gasteiger partial charge >= 0.3 is 0 Å². The molecular formula is C17H19N3O4S. The van der Waals surface area contributed by atoms with Crippen molar-refractivity contribution in [2.75, 3.05) is 19.5 Å². The second-order valence-corrected chi connectivity index (χ2v) is 5.90. The third-order valence-corrected chi connectivity index (χ3v) is 4.05. The molecule has 0 saturated carbocycles. The number of amides is 2. The molecule has 2 aromatic rings. The molecule has 1 aromatic heterocycles. The average molecular weight is 361 g/mol. The molecule has 0 bridgehead atoms. The molecule has 0 aliphatic carbocycles. The molecule has 1 heterocycles. The molecule has 3 N–H and O–H groups in total. The largest absolute Gasteiger partial charge is 0.493 e. The Kier molecular flexibility index (Phi) is 6.13. The number of carbonyl (C=O) groups is 2. The molecule has 8 heteroatoms. The SMILES string of the molecule is CC=Cc1cc(C(=O)Nc2nc(CC(N)=O)cs2)cc(OC)c1OC. The Balaban J connectivity index is 2.28. The van der Waals surface area contributed by atoms with Gasteiger partial charge in [-0.15, -0.1) is 11.3 Å². The normalized spacial score (nSPS) is 10.7. The number of nitrogens with zero attached hydrogens (tertiary/aromatic N) is 1. The van der Waals surface area contributed by atoms with Gasteiger partial charge in [0.25, 0.3) is 5.91 Å². The van der Waals surface area contributed by atoms with E-state index >= 15 is 0 Å². The molecule has 1 aromatic carbocycles. The molecule has 0 radical (unpaired) electrons. The van der Waals surface area contributed by atoms with E-state index < -0.39 is 5.91 Å². The maximum absolute atomic E-state index is 12.5. The van der Waals surface area contributed by atoms with Gasteiger partial charge in [-0.3, -0.25) is 14.9 Å². The summed E-state index contributed by atoms with van der Waals surface area (Å²) in [6.07, 6.45) is 3.70. The fraction of sp³-hybridized carbons (Fsp3) is 0.235. The third-order valence-electron chi connectivity index (χ3n) is 3.24. The number of methoxy groups -OCH3 is 2. The van der Waals surface area contributed by atoms with Gasteiger partial charge in [0, 0.05) is 16.5 Å². The van der Waals surface area contributed by atoms with Crippen LogP contribution in [0.1, 0.15) is 28.5 Å². The molecule has 2 rings (SSSR count). The molecule has 0 fully saturated rings. The summed E-state index contributed by atoms with van der Waals surface area (Å²) in [5, 5.41) is 4.78. The lowest BCUT2D eigenvalue weighted by molar-refractivity contribution is -0.117. The van der Waals surface area contributed by atoms with Crippen LogP contribution in [0.25, 0.3) is 6.08 Å². The molecule has 0 spiro atoms. The Hall–Kier alpha value is -2.87. The van der Waals surface area contributed by atoms with Crippen LogP contribution in [-0.4, -0.2) is 31.0 Å². The molecule has 7 nitrogen and oxygen atoms in total. The number of rotatable bonds is 7. The number of anilines is 1. The topological polar surface area (TPSA) is 104 Å². The van der Waals surface area contributed by atoms with Crippen LogP contribution in [0.15, 0.2) is 23.6 Å². The number of primary amides is 1. The van der Waals surface area contributed by atoms with Gasteiger partial charge in [0.15, 0.2) is 16.6 Å². The van der Waals surface area contributed by atoms with E-state index in [0.29, 0.717) is 27.9 Å². The Morgan fingerprint density at radius 2 is 2.08 bits per heavy atom. The number of ether oxygens (including phenoxy) is 2. The zero-order valence-corrected chi connectivity index (χ0v) is 15.0. The predicted molar refractivity (Wildman–Crippen MR) is 97.2 cm³/mol. The van der Waals surface area contributed by atoms with E-state index in [1.165, 1.54) is 18.4 Å².